The van der Waals surface area contributed by atoms with Gasteiger partial charge in [0.15, 0.2) is 0 Å². The second kappa shape index (κ2) is 7.35. The smallest absolute Gasteiger partial charge is 0.240 e. The Morgan fingerprint density at radius 1 is 1.27 bits per heavy atom. The molecule has 2 heterocycles. The predicted molar refractivity (Wildman–Crippen MR) is 96.7 cm³/mol. The molecule has 138 valence electrons. The van der Waals surface area contributed by atoms with E-state index < -0.39 is 10.0 Å². The molecule has 0 aliphatic rings. The molecule has 3 rings (SSSR count). The molecule has 0 fully saturated rings. The Morgan fingerprint density at radius 2 is 2.00 bits per heavy atom. The molecular formula is C18H21N3O4S. The van der Waals surface area contributed by atoms with E-state index in [2.05, 4.69) is 9.82 Å². The summed E-state index contributed by atoms with van der Waals surface area (Å²) in [5.74, 6) is 1.31. The Labute approximate surface area is 152 Å². The first-order chi connectivity index (χ1) is 12.4. The summed E-state index contributed by atoms with van der Waals surface area (Å²) >= 11 is 0. The normalized spacial score (nSPS) is 12.9. The lowest BCUT2D eigenvalue weighted by atomic mass is 10.1. The number of aromatic nitrogens is 2. The van der Waals surface area contributed by atoms with Crippen LogP contribution in [0, 0.1) is 13.8 Å². The number of hydrogen-bond acceptors (Lipinski definition) is 5. The van der Waals surface area contributed by atoms with E-state index in [9.17, 15) is 8.42 Å². The maximum atomic E-state index is 12.8. The molecule has 0 aliphatic heterocycles. The van der Waals surface area contributed by atoms with E-state index in [0.29, 0.717) is 11.5 Å². The topological polar surface area (TPSA) is 86.4 Å². The van der Waals surface area contributed by atoms with Crippen molar-refractivity contribution >= 4 is 10.0 Å². The van der Waals surface area contributed by atoms with Gasteiger partial charge in [-0.25, -0.2) is 13.1 Å². The van der Waals surface area contributed by atoms with Gasteiger partial charge in [-0.15, -0.1) is 0 Å². The van der Waals surface area contributed by atoms with Crippen molar-refractivity contribution in [2.24, 2.45) is 0 Å². The van der Waals surface area contributed by atoms with Crippen molar-refractivity contribution in [1.29, 1.82) is 0 Å². The van der Waals surface area contributed by atoms with Gasteiger partial charge in [0.2, 0.25) is 10.0 Å². The number of aryl methyl sites for hydroxylation is 2. The third-order valence-electron chi connectivity index (χ3n) is 4.13. The second-order valence-electron chi connectivity index (χ2n) is 5.96. The molecule has 1 N–H and O–H groups in total. The van der Waals surface area contributed by atoms with Gasteiger partial charge in [0.25, 0.3) is 0 Å². The van der Waals surface area contributed by atoms with Crippen molar-refractivity contribution in [2.45, 2.75) is 24.8 Å². The fourth-order valence-corrected chi connectivity index (χ4v) is 4.14. The van der Waals surface area contributed by atoms with Crippen LogP contribution in [-0.2, 0) is 10.0 Å². The zero-order valence-electron chi connectivity index (χ0n) is 14.8. The zero-order chi connectivity index (χ0) is 18.7. The van der Waals surface area contributed by atoms with Crippen LogP contribution in [0.25, 0.3) is 0 Å². The highest BCUT2D eigenvalue weighted by molar-refractivity contribution is 7.89. The van der Waals surface area contributed by atoms with Crippen LogP contribution in [0.2, 0.25) is 0 Å². The summed E-state index contributed by atoms with van der Waals surface area (Å²) < 4.78 is 40.6. The average Bonchev–Trinajstić information content (AvgIpc) is 3.28. The molecule has 0 spiro atoms. The minimum absolute atomic E-state index is 0.113. The Kier molecular flexibility index (Phi) is 5.15. The van der Waals surface area contributed by atoms with Crippen LogP contribution in [0.4, 0.5) is 0 Å². The SMILES string of the molecule is COc1c(C)cc(S(=O)(=O)NCC(c2ccco2)n2cccn2)cc1C. The van der Waals surface area contributed by atoms with Gasteiger partial charge in [-0.3, -0.25) is 4.68 Å². The summed E-state index contributed by atoms with van der Waals surface area (Å²) in [4.78, 5) is 0.201. The van der Waals surface area contributed by atoms with Gasteiger partial charge >= 0.3 is 0 Å². The lowest BCUT2D eigenvalue weighted by molar-refractivity contribution is 0.402. The number of rotatable bonds is 7. The van der Waals surface area contributed by atoms with Gasteiger partial charge in [0.1, 0.15) is 17.6 Å². The largest absolute Gasteiger partial charge is 0.496 e. The summed E-state index contributed by atoms with van der Waals surface area (Å²) in [7, 11) is -2.13. The minimum atomic E-state index is -3.70. The number of ether oxygens (including phenoxy) is 1. The summed E-state index contributed by atoms with van der Waals surface area (Å²) in [6.45, 7) is 3.75. The summed E-state index contributed by atoms with van der Waals surface area (Å²) in [6, 6.07) is 8.16. The molecule has 7 nitrogen and oxygen atoms in total. The molecule has 0 radical (unpaired) electrons. The molecule has 26 heavy (non-hydrogen) atoms. The highest BCUT2D eigenvalue weighted by Crippen LogP contribution is 2.26. The van der Waals surface area contributed by atoms with E-state index in [0.717, 1.165) is 11.1 Å². The monoisotopic (exact) mass is 375 g/mol. The van der Waals surface area contributed by atoms with Crippen LogP contribution < -0.4 is 9.46 Å². The molecule has 1 unspecified atom stereocenters. The van der Waals surface area contributed by atoms with Crippen LogP contribution in [0.5, 0.6) is 5.75 Å². The van der Waals surface area contributed by atoms with E-state index in [4.69, 9.17) is 9.15 Å². The first-order valence-corrected chi connectivity index (χ1v) is 9.58. The van der Waals surface area contributed by atoms with Gasteiger partial charge in [0.05, 0.1) is 18.3 Å². The standard InChI is InChI=1S/C18H21N3O4S/c1-13-10-15(11-14(2)18(13)24-3)26(22,23)20-12-16(17-6-4-9-25-17)21-8-5-7-19-21/h4-11,16,20H,12H2,1-3H3. The number of furan rings is 1. The maximum absolute atomic E-state index is 12.8. The number of sulfonamides is 1. The van der Waals surface area contributed by atoms with Crippen LogP contribution in [0.1, 0.15) is 22.9 Å². The molecular weight excluding hydrogens is 354 g/mol. The molecule has 1 aromatic carbocycles. The van der Waals surface area contributed by atoms with Gasteiger partial charge in [-0.1, -0.05) is 0 Å². The van der Waals surface area contributed by atoms with E-state index in [1.165, 1.54) is 0 Å². The van der Waals surface area contributed by atoms with Crippen LogP contribution in [0.3, 0.4) is 0 Å². The van der Waals surface area contributed by atoms with Crippen LogP contribution in [0.15, 0.2) is 58.3 Å². The first-order valence-electron chi connectivity index (χ1n) is 8.10. The van der Waals surface area contributed by atoms with E-state index >= 15 is 0 Å². The molecule has 0 bridgehead atoms. The van der Waals surface area contributed by atoms with Crippen LogP contribution >= 0.6 is 0 Å². The van der Waals surface area contributed by atoms with E-state index in [1.54, 1.807) is 60.8 Å². The van der Waals surface area contributed by atoms with Gasteiger partial charge in [-0.2, -0.15) is 5.10 Å². The number of hydrogen-bond donors (Lipinski definition) is 1. The fraction of sp³-hybridized carbons (Fsp3) is 0.278. The van der Waals surface area contributed by atoms with Crippen LogP contribution in [-0.4, -0.2) is 31.9 Å². The third-order valence-corrected chi connectivity index (χ3v) is 5.53. The quantitative estimate of drug-likeness (QED) is 0.686. The number of nitrogens with one attached hydrogen (secondary N) is 1. The molecule has 0 saturated carbocycles. The number of nitrogens with zero attached hydrogens (tertiary/aromatic N) is 2. The molecule has 0 aliphatic carbocycles. The Hall–Kier alpha value is -2.58. The highest BCUT2D eigenvalue weighted by atomic mass is 32.2. The van der Waals surface area contributed by atoms with E-state index in [-0.39, 0.29) is 17.5 Å². The third kappa shape index (κ3) is 3.66. The molecule has 0 saturated heterocycles. The maximum Gasteiger partial charge on any atom is 0.240 e. The second-order valence-corrected chi connectivity index (χ2v) is 7.73. The van der Waals surface area contributed by atoms with Gasteiger partial charge < -0.3 is 9.15 Å². The lowest BCUT2D eigenvalue weighted by Gasteiger charge is -2.17. The molecule has 8 heteroatoms. The Balaban J connectivity index is 1.85. The summed E-state index contributed by atoms with van der Waals surface area (Å²) in [6.07, 6.45) is 4.96. The fourth-order valence-electron chi connectivity index (χ4n) is 2.93. The van der Waals surface area contributed by atoms with E-state index in [1.807, 2.05) is 13.8 Å². The molecule has 0 amide bonds. The molecule has 2 aromatic heterocycles. The van der Waals surface area contributed by atoms with Crippen molar-refractivity contribution in [1.82, 2.24) is 14.5 Å². The molecule has 1 atom stereocenters. The van der Waals surface area contributed by atoms with Crippen molar-refractivity contribution < 1.29 is 17.6 Å². The van der Waals surface area contributed by atoms with Crippen molar-refractivity contribution in [3.63, 3.8) is 0 Å². The Bertz CT molecular complexity index is 907. The first kappa shape index (κ1) is 18.2. The predicted octanol–water partition coefficient (Wildman–Crippen LogP) is 2.67. The van der Waals surface area contributed by atoms with Crippen molar-refractivity contribution in [2.75, 3.05) is 13.7 Å². The van der Waals surface area contributed by atoms with Gasteiger partial charge in [0, 0.05) is 18.9 Å². The van der Waals surface area contributed by atoms with Crippen molar-refractivity contribution in [3.05, 3.63) is 65.9 Å². The van der Waals surface area contributed by atoms with Gasteiger partial charge in [-0.05, 0) is 55.3 Å². The summed E-state index contributed by atoms with van der Waals surface area (Å²) in [5.41, 5.74) is 1.53. The number of methoxy groups -OCH3 is 1. The summed E-state index contributed by atoms with van der Waals surface area (Å²) in [5, 5.41) is 4.20. The lowest BCUT2D eigenvalue weighted by Crippen LogP contribution is -2.31. The average molecular weight is 375 g/mol. The molecule has 3 aromatic rings. The minimum Gasteiger partial charge on any atom is -0.496 e. The van der Waals surface area contributed by atoms with Crippen molar-refractivity contribution in [3.8, 4) is 5.75 Å². The number of benzene rings is 1. The highest BCUT2D eigenvalue weighted by Gasteiger charge is 2.22. The zero-order valence-corrected chi connectivity index (χ0v) is 15.7. The Morgan fingerprint density at radius 3 is 2.54 bits per heavy atom.